The monoisotopic (exact) mass is 1320 g/mol. The van der Waals surface area contributed by atoms with E-state index in [0.29, 0.717) is 39.1 Å². The maximum absolute atomic E-state index is 14.4. The van der Waals surface area contributed by atoms with E-state index in [1.807, 2.05) is 0 Å². The highest BCUT2D eigenvalue weighted by molar-refractivity contribution is 7.96. The number of nitrogens with zero attached hydrogens (tertiary/aromatic N) is 3. The topological polar surface area (TPSA) is 279 Å². The number of hydrogen-bond donors (Lipinski definition) is 5. The molecule has 0 saturated heterocycles. The Labute approximate surface area is 528 Å². The average molecular weight is 1320 g/mol. The maximum atomic E-state index is 14.4. The Morgan fingerprint density at radius 1 is 0.446 bits per heavy atom. The molecule has 0 spiro atoms. The molecule has 0 unspecified atom stereocenters. The molecule has 0 amide bonds. The van der Waals surface area contributed by atoms with Gasteiger partial charge in [0.2, 0.25) is 0 Å². The van der Waals surface area contributed by atoms with Crippen molar-refractivity contribution in [1.82, 2.24) is 13.7 Å². The molecule has 3 aromatic heterocycles. The molecule has 9 aromatic rings. The molecule has 6 aromatic carbocycles. The number of halogens is 3. The van der Waals surface area contributed by atoms with Crippen molar-refractivity contribution in [2.45, 2.75) is 20.8 Å². The Balaban J connectivity index is 0.000000196. The van der Waals surface area contributed by atoms with Gasteiger partial charge in [0.05, 0.1) is 12.8 Å². The second-order valence-corrected chi connectivity index (χ2v) is 25.2. The molecule has 0 saturated carbocycles. The summed E-state index contributed by atoms with van der Waals surface area (Å²) in [4.78, 5) is 36.2. The van der Waals surface area contributed by atoms with E-state index in [4.69, 9.17) is 24.7 Å². The van der Waals surface area contributed by atoms with Gasteiger partial charge in [-0.3, -0.25) is 28.5 Å². The van der Waals surface area contributed by atoms with Gasteiger partial charge in [0, 0.05) is 120 Å². The van der Waals surface area contributed by atoms with Gasteiger partial charge in [-0.2, -0.15) is 0 Å². The van der Waals surface area contributed by atoms with Gasteiger partial charge in [0.15, 0.2) is 34.7 Å². The molecule has 9 rings (SSSR count). The quantitative estimate of drug-likeness (QED) is 0.0474. The van der Waals surface area contributed by atoms with Gasteiger partial charge < -0.3 is 43.7 Å². The number of nitrogens with two attached hydrogens (primary N) is 1. The molecule has 0 fully saturated rings. The number of methoxy groups -OCH3 is 1. The Kier molecular flexibility index (Phi) is 21.5. The summed E-state index contributed by atoms with van der Waals surface area (Å²) < 4.78 is 148. The molecule has 92 heavy (non-hydrogen) atoms. The fourth-order valence-electron chi connectivity index (χ4n) is 8.65. The minimum absolute atomic E-state index is 0.000424. The van der Waals surface area contributed by atoms with Crippen molar-refractivity contribution in [3.05, 3.63) is 247 Å². The average Bonchev–Trinajstić information content (AvgIpc) is 0.830. The van der Waals surface area contributed by atoms with Gasteiger partial charge in [0.1, 0.15) is 28.7 Å². The number of anilines is 5. The lowest BCUT2D eigenvalue weighted by Crippen LogP contribution is -2.19. The molecule has 6 N–H and O–H groups in total. The smallest absolute Gasteiger partial charge is 0.273 e. The third kappa shape index (κ3) is 17.3. The molecular formula is C65H63F3N8O13S3. The first-order valence-electron chi connectivity index (χ1n) is 27.2. The first-order valence-corrected chi connectivity index (χ1v) is 31.8. The lowest BCUT2D eigenvalue weighted by Gasteiger charge is -2.17. The standard InChI is InChI=1S/C22H22FN3O4S.C22H21FN2O5S.C21H20FN3O4S/c1-5-31(28,29)25-16-7-9-20(30-21-8-6-14(2)10-18(21)23)17(12-16)15-11-19(24-3)22(27)26(4)13-15;1-5-31(27,28)24-15-7-9-19(30-20-8-6-14(2)10-18(20)23)16(11-15)17-13-25(3)22(26)12-21(17)29-4;1-4-30(27,28)24-15-6-8-19(29-20-7-5-13(2)9-17(20)22)16(11-15)14-10-18(23)21(26)25(3)12-14/h5-13,24-25H,1H2,2-4H3;5-13,24H,1H2,2-4H3;4-12,24H,1,23H2,2-3H3. The van der Waals surface area contributed by atoms with Gasteiger partial charge in [-0.25, -0.2) is 38.4 Å². The Bertz CT molecular complexity index is 4880. The summed E-state index contributed by atoms with van der Waals surface area (Å²) in [5, 5.41) is 5.19. The normalized spacial score (nSPS) is 11.1. The number of nitrogens with one attached hydrogen (secondary N) is 4. The van der Waals surface area contributed by atoms with Crippen molar-refractivity contribution in [2.24, 2.45) is 21.1 Å². The van der Waals surface area contributed by atoms with E-state index in [-0.39, 0.29) is 79.7 Å². The first kappa shape index (κ1) is 68.7. The Morgan fingerprint density at radius 3 is 1.16 bits per heavy atom. The minimum atomic E-state index is -3.76. The Morgan fingerprint density at radius 2 is 0.804 bits per heavy atom. The summed E-state index contributed by atoms with van der Waals surface area (Å²) in [5.41, 5.74) is 10.9. The van der Waals surface area contributed by atoms with Gasteiger partial charge in [-0.15, -0.1) is 0 Å². The van der Waals surface area contributed by atoms with Crippen molar-refractivity contribution >= 4 is 58.5 Å². The van der Waals surface area contributed by atoms with Crippen LogP contribution < -0.4 is 60.8 Å². The van der Waals surface area contributed by atoms with Gasteiger partial charge in [-0.05, 0) is 141 Å². The zero-order valence-electron chi connectivity index (χ0n) is 50.8. The Hall–Kier alpha value is -10.8. The summed E-state index contributed by atoms with van der Waals surface area (Å²) >= 11 is 0. The number of benzene rings is 6. The van der Waals surface area contributed by atoms with E-state index in [0.717, 1.165) is 32.9 Å². The van der Waals surface area contributed by atoms with E-state index in [1.54, 1.807) is 78.4 Å². The summed E-state index contributed by atoms with van der Waals surface area (Å²) in [7, 11) is -3.52. The fourth-order valence-corrected chi connectivity index (χ4v) is 10.3. The van der Waals surface area contributed by atoms with Crippen LogP contribution in [0.5, 0.6) is 40.2 Å². The summed E-state index contributed by atoms with van der Waals surface area (Å²) in [6, 6.07) is 31.5. The lowest BCUT2D eigenvalue weighted by atomic mass is 10.0. The fraction of sp³-hybridized carbons (Fsp3) is 0.123. The van der Waals surface area contributed by atoms with Crippen LogP contribution in [0.15, 0.2) is 196 Å². The number of pyridine rings is 3. The molecule has 0 aliphatic carbocycles. The number of sulfonamides is 3. The van der Waals surface area contributed by atoms with Crippen LogP contribution in [0.4, 0.5) is 41.6 Å². The van der Waals surface area contributed by atoms with E-state index >= 15 is 0 Å². The number of nitrogen functional groups attached to an aromatic ring is 1. The summed E-state index contributed by atoms with van der Waals surface area (Å²) in [6.45, 7) is 15.1. The number of aromatic nitrogens is 3. The summed E-state index contributed by atoms with van der Waals surface area (Å²) in [5.74, 6) is -0.588. The molecule has 0 aliphatic heterocycles. The van der Waals surface area contributed by atoms with Gasteiger partial charge in [-0.1, -0.05) is 37.9 Å². The van der Waals surface area contributed by atoms with Crippen LogP contribution in [0.2, 0.25) is 0 Å². The predicted octanol–water partition coefficient (Wildman–Crippen LogP) is 12.2. The minimum Gasteiger partial charge on any atom is -0.496 e. The molecule has 27 heteroatoms. The molecule has 21 nitrogen and oxygen atoms in total. The van der Waals surface area contributed by atoms with Crippen LogP contribution in [0.25, 0.3) is 33.4 Å². The van der Waals surface area contributed by atoms with E-state index in [2.05, 4.69) is 39.2 Å². The molecular weight excluding hydrogens is 1250 g/mol. The molecule has 480 valence electrons. The van der Waals surface area contributed by atoms with Crippen LogP contribution in [0, 0.1) is 38.2 Å². The van der Waals surface area contributed by atoms with Crippen LogP contribution in [0.3, 0.4) is 0 Å². The second kappa shape index (κ2) is 28.8. The zero-order valence-corrected chi connectivity index (χ0v) is 53.2. The highest BCUT2D eigenvalue weighted by atomic mass is 32.2. The largest absolute Gasteiger partial charge is 0.496 e. The SMILES string of the molecule is C=CS(=O)(=O)Nc1ccc(Oc2ccc(C)cc2F)c(-c2cc(N)c(=O)n(C)c2)c1.C=CS(=O)(=O)Nc1ccc(Oc2ccc(C)cc2F)c(-c2cc(NC)c(=O)n(C)c2)c1.C=CS(=O)(=O)Nc1ccc(Oc2ccc(C)cc2F)c(-c2cn(C)c(=O)cc2OC)c1. The number of ether oxygens (including phenoxy) is 4. The number of hydrogen-bond acceptors (Lipinski definition) is 15. The summed E-state index contributed by atoms with van der Waals surface area (Å²) in [6.07, 6.45) is 4.64. The van der Waals surface area contributed by atoms with Crippen molar-refractivity contribution in [2.75, 3.05) is 39.4 Å². The van der Waals surface area contributed by atoms with Crippen LogP contribution in [0.1, 0.15) is 16.7 Å². The van der Waals surface area contributed by atoms with E-state index in [1.165, 1.54) is 137 Å². The van der Waals surface area contributed by atoms with Gasteiger partial charge in [0.25, 0.3) is 46.7 Å². The maximum Gasteiger partial charge on any atom is 0.273 e. The van der Waals surface area contributed by atoms with Crippen molar-refractivity contribution in [1.29, 1.82) is 0 Å². The highest BCUT2D eigenvalue weighted by Gasteiger charge is 2.21. The highest BCUT2D eigenvalue weighted by Crippen LogP contribution is 2.42. The second-order valence-electron chi connectivity index (χ2n) is 20.3. The predicted molar refractivity (Wildman–Crippen MR) is 354 cm³/mol. The van der Waals surface area contributed by atoms with Crippen LogP contribution in [-0.4, -0.2) is 53.1 Å². The van der Waals surface area contributed by atoms with Crippen molar-refractivity contribution in [3.63, 3.8) is 0 Å². The number of aryl methyl sites for hydroxylation is 6. The first-order chi connectivity index (χ1) is 43.4. The van der Waals surface area contributed by atoms with Crippen molar-refractivity contribution < 1.29 is 57.4 Å². The zero-order chi connectivity index (χ0) is 67.6. The molecule has 0 bridgehead atoms. The van der Waals surface area contributed by atoms with E-state index in [9.17, 15) is 52.8 Å². The van der Waals surface area contributed by atoms with Crippen molar-refractivity contribution in [3.8, 4) is 73.6 Å². The third-order valence-corrected chi connectivity index (χ3v) is 16.2. The molecule has 0 atom stereocenters. The van der Waals surface area contributed by atoms with Crippen LogP contribution in [-0.2, 0) is 51.2 Å². The van der Waals surface area contributed by atoms with Crippen LogP contribution >= 0.6 is 0 Å². The third-order valence-electron chi connectivity index (χ3n) is 13.3. The lowest BCUT2D eigenvalue weighted by molar-refractivity contribution is 0.413. The molecule has 0 radical (unpaired) electrons. The molecule has 3 heterocycles. The van der Waals surface area contributed by atoms with Gasteiger partial charge >= 0.3 is 0 Å². The van der Waals surface area contributed by atoms with E-state index < -0.39 is 47.5 Å². The molecule has 0 aliphatic rings. The number of rotatable bonds is 20.